The van der Waals surface area contributed by atoms with Crippen molar-refractivity contribution in [3.8, 4) is 0 Å². The van der Waals surface area contributed by atoms with Crippen LogP contribution in [-0.2, 0) is 6.54 Å². The number of benzene rings is 1. The van der Waals surface area contributed by atoms with Gasteiger partial charge in [-0.25, -0.2) is 0 Å². The zero-order valence-electron chi connectivity index (χ0n) is 9.12. The molecule has 3 N–H and O–H groups in total. The summed E-state index contributed by atoms with van der Waals surface area (Å²) in [5.74, 6) is 0.326. The Morgan fingerprint density at radius 2 is 2.06 bits per heavy atom. The van der Waals surface area contributed by atoms with Crippen LogP contribution < -0.4 is 10.6 Å². The largest absolute Gasteiger partial charge is 0.391 e. The average molecular weight is 241 g/mol. The molecule has 4 heteroatoms. The van der Waals surface area contributed by atoms with E-state index in [2.05, 4.69) is 10.6 Å². The Labute approximate surface area is 101 Å². The Kier molecular flexibility index (Phi) is 4.18. The molecule has 0 amide bonds. The first-order chi connectivity index (χ1) is 7.75. The molecule has 1 aromatic rings. The third-order valence-corrected chi connectivity index (χ3v) is 3.21. The van der Waals surface area contributed by atoms with Crippen molar-refractivity contribution in [1.82, 2.24) is 10.6 Å². The summed E-state index contributed by atoms with van der Waals surface area (Å²) in [4.78, 5) is 0. The summed E-state index contributed by atoms with van der Waals surface area (Å²) in [7, 11) is 0. The molecule has 1 aromatic carbocycles. The minimum Gasteiger partial charge on any atom is -0.391 e. The van der Waals surface area contributed by atoms with Crippen molar-refractivity contribution in [2.45, 2.75) is 12.6 Å². The maximum absolute atomic E-state index is 9.60. The van der Waals surface area contributed by atoms with Gasteiger partial charge in [0.25, 0.3) is 0 Å². The van der Waals surface area contributed by atoms with Crippen LogP contribution in [0.1, 0.15) is 5.56 Å². The van der Waals surface area contributed by atoms with Gasteiger partial charge >= 0.3 is 0 Å². The number of β-amino-alcohol motifs (C(OH)–C–C–N with tert-alkyl or cyclic N) is 1. The topological polar surface area (TPSA) is 44.3 Å². The molecule has 1 fully saturated rings. The van der Waals surface area contributed by atoms with Crippen LogP contribution in [0.4, 0.5) is 0 Å². The zero-order valence-corrected chi connectivity index (χ0v) is 9.87. The molecule has 1 saturated heterocycles. The molecule has 3 nitrogen and oxygen atoms in total. The second kappa shape index (κ2) is 5.64. The molecule has 2 atom stereocenters. The molecule has 0 aromatic heterocycles. The Balaban J connectivity index is 1.73. The maximum Gasteiger partial charge on any atom is 0.0716 e. The van der Waals surface area contributed by atoms with E-state index in [1.807, 2.05) is 24.3 Å². The zero-order chi connectivity index (χ0) is 11.4. The van der Waals surface area contributed by atoms with Crippen LogP contribution in [0.2, 0.25) is 5.02 Å². The Morgan fingerprint density at radius 3 is 2.69 bits per heavy atom. The van der Waals surface area contributed by atoms with Crippen LogP contribution in [0.3, 0.4) is 0 Å². The quantitative estimate of drug-likeness (QED) is 0.736. The normalized spacial score (nSPS) is 24.9. The fourth-order valence-corrected chi connectivity index (χ4v) is 2.06. The van der Waals surface area contributed by atoms with E-state index >= 15 is 0 Å². The molecule has 88 valence electrons. The lowest BCUT2D eigenvalue weighted by Crippen LogP contribution is -2.30. The SMILES string of the molecule is OC1CNCC1CNCc1ccc(Cl)cc1. The monoisotopic (exact) mass is 240 g/mol. The minimum absolute atomic E-state index is 0.210. The van der Waals surface area contributed by atoms with Crippen molar-refractivity contribution in [3.63, 3.8) is 0 Å². The third-order valence-electron chi connectivity index (χ3n) is 2.95. The summed E-state index contributed by atoms with van der Waals surface area (Å²) in [6, 6.07) is 7.81. The molecular formula is C12H17ClN2O. The molecule has 0 saturated carbocycles. The highest BCUT2D eigenvalue weighted by molar-refractivity contribution is 6.30. The number of hydrogen-bond donors (Lipinski definition) is 3. The van der Waals surface area contributed by atoms with Crippen LogP contribution in [0, 0.1) is 5.92 Å². The summed E-state index contributed by atoms with van der Waals surface area (Å²) in [5, 5.41) is 16.9. The number of rotatable bonds is 4. The van der Waals surface area contributed by atoms with Gasteiger partial charge in [0.2, 0.25) is 0 Å². The van der Waals surface area contributed by atoms with Crippen molar-refractivity contribution in [1.29, 1.82) is 0 Å². The smallest absolute Gasteiger partial charge is 0.0716 e. The molecule has 0 bridgehead atoms. The van der Waals surface area contributed by atoms with Gasteiger partial charge in [0.1, 0.15) is 0 Å². The van der Waals surface area contributed by atoms with Gasteiger partial charge in [-0.1, -0.05) is 23.7 Å². The number of nitrogens with one attached hydrogen (secondary N) is 2. The van der Waals surface area contributed by atoms with Crippen LogP contribution in [0.5, 0.6) is 0 Å². The predicted molar refractivity (Wildman–Crippen MR) is 65.5 cm³/mol. The first kappa shape index (κ1) is 11.9. The maximum atomic E-state index is 9.60. The van der Waals surface area contributed by atoms with E-state index in [1.165, 1.54) is 5.56 Å². The first-order valence-corrected chi connectivity index (χ1v) is 5.97. The Hall–Kier alpha value is -0.610. The van der Waals surface area contributed by atoms with Crippen LogP contribution in [-0.4, -0.2) is 30.8 Å². The molecule has 1 heterocycles. The standard InChI is InChI=1S/C12H17ClN2O/c13-11-3-1-9(2-4-11)5-14-6-10-7-15-8-12(10)16/h1-4,10,12,14-16H,5-8H2. The second-order valence-corrected chi connectivity index (χ2v) is 4.68. The van der Waals surface area contributed by atoms with E-state index < -0.39 is 0 Å². The number of hydrogen-bond acceptors (Lipinski definition) is 3. The number of aliphatic hydroxyl groups is 1. The van der Waals surface area contributed by atoms with Gasteiger partial charge in [0.15, 0.2) is 0 Å². The van der Waals surface area contributed by atoms with Crippen molar-refractivity contribution in [2.75, 3.05) is 19.6 Å². The lowest BCUT2D eigenvalue weighted by atomic mass is 10.1. The fraction of sp³-hybridized carbons (Fsp3) is 0.500. The summed E-state index contributed by atoms with van der Waals surface area (Å²) in [6.07, 6.45) is -0.210. The van der Waals surface area contributed by atoms with Gasteiger partial charge in [-0.15, -0.1) is 0 Å². The van der Waals surface area contributed by atoms with Gasteiger partial charge in [0, 0.05) is 37.1 Å². The Bertz CT molecular complexity index is 328. The molecule has 1 aliphatic rings. The van der Waals surface area contributed by atoms with E-state index in [9.17, 15) is 5.11 Å². The summed E-state index contributed by atoms with van der Waals surface area (Å²) in [6.45, 7) is 3.28. The van der Waals surface area contributed by atoms with Gasteiger partial charge in [-0.2, -0.15) is 0 Å². The summed E-state index contributed by atoms with van der Waals surface area (Å²) in [5.41, 5.74) is 1.21. The van der Waals surface area contributed by atoms with Gasteiger partial charge in [0.05, 0.1) is 6.10 Å². The highest BCUT2D eigenvalue weighted by Gasteiger charge is 2.23. The molecule has 2 rings (SSSR count). The van der Waals surface area contributed by atoms with Crippen molar-refractivity contribution in [3.05, 3.63) is 34.9 Å². The molecule has 0 spiro atoms. The fourth-order valence-electron chi connectivity index (χ4n) is 1.93. The molecule has 1 aliphatic heterocycles. The molecule has 16 heavy (non-hydrogen) atoms. The lowest BCUT2D eigenvalue weighted by molar-refractivity contribution is 0.146. The molecule has 0 aliphatic carbocycles. The average Bonchev–Trinajstić information content (AvgIpc) is 2.68. The van der Waals surface area contributed by atoms with E-state index in [4.69, 9.17) is 11.6 Å². The first-order valence-electron chi connectivity index (χ1n) is 5.59. The second-order valence-electron chi connectivity index (χ2n) is 4.24. The minimum atomic E-state index is -0.210. The highest BCUT2D eigenvalue weighted by Crippen LogP contribution is 2.10. The number of halogens is 1. The highest BCUT2D eigenvalue weighted by atomic mass is 35.5. The van der Waals surface area contributed by atoms with Gasteiger partial charge < -0.3 is 15.7 Å². The van der Waals surface area contributed by atoms with E-state index in [-0.39, 0.29) is 6.10 Å². The molecule has 2 unspecified atom stereocenters. The molecule has 0 radical (unpaired) electrons. The number of aliphatic hydroxyl groups excluding tert-OH is 1. The predicted octanol–water partition coefficient (Wildman–Crippen LogP) is 1.01. The van der Waals surface area contributed by atoms with E-state index in [1.54, 1.807) is 0 Å². The van der Waals surface area contributed by atoms with Crippen LogP contribution in [0.25, 0.3) is 0 Å². The summed E-state index contributed by atoms with van der Waals surface area (Å²) >= 11 is 5.81. The van der Waals surface area contributed by atoms with Crippen LogP contribution in [0.15, 0.2) is 24.3 Å². The molecular weight excluding hydrogens is 224 g/mol. The summed E-state index contributed by atoms with van der Waals surface area (Å²) < 4.78 is 0. The van der Waals surface area contributed by atoms with E-state index in [0.29, 0.717) is 12.5 Å². The third kappa shape index (κ3) is 3.19. The van der Waals surface area contributed by atoms with Crippen molar-refractivity contribution in [2.24, 2.45) is 5.92 Å². The van der Waals surface area contributed by atoms with E-state index in [0.717, 1.165) is 24.7 Å². The van der Waals surface area contributed by atoms with Gasteiger partial charge in [-0.3, -0.25) is 0 Å². The van der Waals surface area contributed by atoms with Crippen LogP contribution >= 0.6 is 11.6 Å². The Morgan fingerprint density at radius 1 is 1.31 bits per heavy atom. The van der Waals surface area contributed by atoms with Crippen molar-refractivity contribution >= 4 is 11.6 Å². The lowest BCUT2D eigenvalue weighted by Gasteiger charge is -2.14. The van der Waals surface area contributed by atoms with Gasteiger partial charge in [-0.05, 0) is 17.7 Å². The van der Waals surface area contributed by atoms with Crippen molar-refractivity contribution < 1.29 is 5.11 Å².